The average molecular weight is 236 g/mol. The first-order chi connectivity index (χ1) is 7.70. The van der Waals surface area contributed by atoms with Crippen molar-refractivity contribution in [2.45, 2.75) is 6.54 Å². The number of aryl methyl sites for hydroxylation is 1. The van der Waals surface area contributed by atoms with E-state index in [1.54, 1.807) is 4.68 Å². The van der Waals surface area contributed by atoms with Crippen molar-refractivity contribution < 1.29 is 0 Å². The van der Waals surface area contributed by atoms with E-state index in [-0.39, 0.29) is 0 Å². The maximum atomic E-state index is 6.20. The van der Waals surface area contributed by atoms with Gasteiger partial charge in [0.1, 0.15) is 0 Å². The van der Waals surface area contributed by atoms with Crippen molar-refractivity contribution in [2.75, 3.05) is 7.05 Å². The number of nitrogens with one attached hydrogen (secondary N) is 1. The van der Waals surface area contributed by atoms with Crippen molar-refractivity contribution in [1.29, 1.82) is 0 Å². The number of rotatable bonds is 3. The minimum atomic E-state index is 0.784. The molecule has 2 rings (SSSR count). The molecule has 0 aliphatic carbocycles. The number of hydrogen-bond acceptors (Lipinski definition) is 2. The zero-order valence-corrected chi connectivity index (χ0v) is 10.1. The quantitative estimate of drug-likeness (QED) is 0.886. The largest absolute Gasteiger partial charge is 0.316 e. The molecule has 0 saturated heterocycles. The molecule has 0 radical (unpaired) electrons. The third-order valence-electron chi connectivity index (χ3n) is 2.46. The number of halogens is 1. The van der Waals surface area contributed by atoms with E-state index >= 15 is 0 Å². The molecule has 1 heterocycles. The summed E-state index contributed by atoms with van der Waals surface area (Å²) in [5.41, 5.74) is 3.29. The molecule has 0 fully saturated rings. The van der Waals surface area contributed by atoms with Crippen molar-refractivity contribution in [2.24, 2.45) is 7.05 Å². The van der Waals surface area contributed by atoms with Crippen LogP contribution >= 0.6 is 11.6 Å². The van der Waals surface area contributed by atoms with E-state index in [9.17, 15) is 0 Å². The van der Waals surface area contributed by atoms with Gasteiger partial charge in [-0.25, -0.2) is 0 Å². The summed E-state index contributed by atoms with van der Waals surface area (Å²) in [6.45, 7) is 0.784. The molecule has 16 heavy (non-hydrogen) atoms. The van der Waals surface area contributed by atoms with Gasteiger partial charge >= 0.3 is 0 Å². The second-order valence-corrected chi connectivity index (χ2v) is 4.15. The minimum Gasteiger partial charge on any atom is -0.316 e. The highest BCUT2D eigenvalue weighted by atomic mass is 35.5. The summed E-state index contributed by atoms with van der Waals surface area (Å²) >= 11 is 6.20. The van der Waals surface area contributed by atoms with Gasteiger partial charge in [0, 0.05) is 30.4 Å². The van der Waals surface area contributed by atoms with Crippen LogP contribution in [0.15, 0.2) is 30.6 Å². The highest BCUT2D eigenvalue weighted by Gasteiger charge is 2.04. The summed E-state index contributed by atoms with van der Waals surface area (Å²) in [4.78, 5) is 0. The molecule has 0 aliphatic heterocycles. The van der Waals surface area contributed by atoms with Crippen LogP contribution < -0.4 is 5.32 Å². The van der Waals surface area contributed by atoms with Crippen LogP contribution in [0.25, 0.3) is 11.1 Å². The molecule has 2 aromatic rings. The predicted octanol–water partition coefficient (Wildman–Crippen LogP) is 2.46. The average Bonchev–Trinajstić information content (AvgIpc) is 2.68. The van der Waals surface area contributed by atoms with E-state index in [4.69, 9.17) is 11.6 Å². The van der Waals surface area contributed by atoms with Gasteiger partial charge in [-0.15, -0.1) is 0 Å². The van der Waals surface area contributed by atoms with Crippen molar-refractivity contribution in [3.63, 3.8) is 0 Å². The van der Waals surface area contributed by atoms with Gasteiger partial charge in [0.05, 0.1) is 6.20 Å². The van der Waals surface area contributed by atoms with Crippen LogP contribution in [0, 0.1) is 0 Å². The first-order valence-electron chi connectivity index (χ1n) is 5.13. The molecule has 1 aromatic carbocycles. The minimum absolute atomic E-state index is 0.784. The SMILES string of the molecule is CNCc1ccc(-c2cnn(C)c2)cc1Cl. The lowest BCUT2D eigenvalue weighted by Gasteiger charge is -2.05. The maximum absolute atomic E-state index is 6.20. The summed E-state index contributed by atoms with van der Waals surface area (Å²) in [6, 6.07) is 6.09. The molecule has 0 atom stereocenters. The highest BCUT2D eigenvalue weighted by molar-refractivity contribution is 6.31. The molecule has 1 N–H and O–H groups in total. The Balaban J connectivity index is 2.34. The fourth-order valence-corrected chi connectivity index (χ4v) is 1.88. The lowest BCUT2D eigenvalue weighted by Crippen LogP contribution is -2.05. The van der Waals surface area contributed by atoms with Gasteiger partial charge in [0.2, 0.25) is 0 Å². The third-order valence-corrected chi connectivity index (χ3v) is 2.81. The topological polar surface area (TPSA) is 29.9 Å². The Bertz CT molecular complexity index is 491. The van der Waals surface area contributed by atoms with Crippen LogP contribution in [0.2, 0.25) is 5.02 Å². The Morgan fingerprint density at radius 3 is 2.75 bits per heavy atom. The van der Waals surface area contributed by atoms with Gasteiger partial charge in [-0.1, -0.05) is 23.7 Å². The van der Waals surface area contributed by atoms with Crippen molar-refractivity contribution in [1.82, 2.24) is 15.1 Å². The number of nitrogens with zero attached hydrogens (tertiary/aromatic N) is 2. The summed E-state index contributed by atoms with van der Waals surface area (Å²) in [6.07, 6.45) is 3.81. The van der Waals surface area contributed by atoms with Crippen molar-refractivity contribution in [3.05, 3.63) is 41.2 Å². The van der Waals surface area contributed by atoms with E-state index in [0.717, 1.165) is 28.3 Å². The number of aromatic nitrogens is 2. The Morgan fingerprint density at radius 2 is 2.19 bits per heavy atom. The molecular formula is C12H14ClN3. The summed E-state index contributed by atoms with van der Waals surface area (Å²) in [5.74, 6) is 0. The van der Waals surface area contributed by atoms with Crippen LogP contribution in [-0.4, -0.2) is 16.8 Å². The molecule has 0 bridgehead atoms. The second kappa shape index (κ2) is 4.68. The second-order valence-electron chi connectivity index (χ2n) is 3.74. The van der Waals surface area contributed by atoms with Gasteiger partial charge in [-0.05, 0) is 24.2 Å². The highest BCUT2D eigenvalue weighted by Crippen LogP contribution is 2.25. The predicted molar refractivity (Wildman–Crippen MR) is 66.4 cm³/mol. The third kappa shape index (κ3) is 2.26. The normalized spacial score (nSPS) is 10.7. The van der Waals surface area contributed by atoms with Crippen LogP contribution in [0.3, 0.4) is 0 Å². The lowest BCUT2D eigenvalue weighted by atomic mass is 10.1. The van der Waals surface area contributed by atoms with E-state index in [1.807, 2.05) is 38.6 Å². The van der Waals surface area contributed by atoms with E-state index in [2.05, 4.69) is 16.5 Å². The van der Waals surface area contributed by atoms with Crippen LogP contribution in [0.5, 0.6) is 0 Å². The monoisotopic (exact) mass is 235 g/mol. The van der Waals surface area contributed by atoms with Gasteiger partial charge < -0.3 is 5.32 Å². The Labute approximate surface area is 100 Å². The van der Waals surface area contributed by atoms with Crippen LogP contribution in [0.4, 0.5) is 0 Å². The van der Waals surface area contributed by atoms with Gasteiger partial charge in [-0.3, -0.25) is 4.68 Å². The van der Waals surface area contributed by atoms with E-state index in [0.29, 0.717) is 0 Å². The van der Waals surface area contributed by atoms with Gasteiger partial charge in [0.15, 0.2) is 0 Å². The molecule has 3 nitrogen and oxygen atoms in total. The van der Waals surface area contributed by atoms with Gasteiger partial charge in [0.25, 0.3) is 0 Å². The summed E-state index contributed by atoms with van der Waals surface area (Å²) < 4.78 is 1.78. The zero-order valence-electron chi connectivity index (χ0n) is 9.37. The first kappa shape index (κ1) is 11.2. The summed E-state index contributed by atoms with van der Waals surface area (Å²) in [5, 5.41) is 8.02. The first-order valence-corrected chi connectivity index (χ1v) is 5.50. The Morgan fingerprint density at radius 1 is 1.38 bits per heavy atom. The van der Waals surface area contributed by atoms with Crippen LogP contribution in [0.1, 0.15) is 5.56 Å². The Hall–Kier alpha value is -1.32. The van der Waals surface area contributed by atoms with Crippen molar-refractivity contribution in [3.8, 4) is 11.1 Å². The smallest absolute Gasteiger partial charge is 0.0568 e. The molecule has 0 saturated carbocycles. The molecule has 0 aliphatic rings. The standard InChI is InChI=1S/C12H14ClN3/c1-14-6-10-4-3-9(5-12(10)13)11-7-15-16(2)8-11/h3-5,7-8,14H,6H2,1-2H3. The van der Waals surface area contributed by atoms with E-state index < -0.39 is 0 Å². The van der Waals surface area contributed by atoms with Crippen molar-refractivity contribution >= 4 is 11.6 Å². The maximum Gasteiger partial charge on any atom is 0.0568 e. The number of hydrogen-bond donors (Lipinski definition) is 1. The number of benzene rings is 1. The summed E-state index contributed by atoms with van der Waals surface area (Å²) in [7, 11) is 3.81. The fraction of sp³-hybridized carbons (Fsp3) is 0.250. The molecule has 0 unspecified atom stereocenters. The molecule has 84 valence electrons. The lowest BCUT2D eigenvalue weighted by molar-refractivity contribution is 0.768. The molecule has 0 spiro atoms. The molecule has 0 amide bonds. The van der Waals surface area contributed by atoms with E-state index in [1.165, 1.54) is 0 Å². The molecule has 4 heteroatoms. The fourth-order valence-electron chi connectivity index (χ4n) is 1.63. The Kier molecular flexibility index (Phi) is 3.27. The zero-order chi connectivity index (χ0) is 11.5. The van der Waals surface area contributed by atoms with Crippen LogP contribution in [-0.2, 0) is 13.6 Å². The molecule has 1 aromatic heterocycles. The van der Waals surface area contributed by atoms with Gasteiger partial charge in [-0.2, -0.15) is 5.10 Å². The molecular weight excluding hydrogens is 222 g/mol.